The average molecular weight is 240 g/mol. The summed E-state index contributed by atoms with van der Waals surface area (Å²) in [5.74, 6) is 0. The standard InChI is InChI=1S/C15H32N2/c1-14(2,3)13(16-4)15(17(5)6)11-9-7-8-10-12-15/h13,16H,7-12H2,1-6H3. The van der Waals surface area contributed by atoms with Gasteiger partial charge in [0.05, 0.1) is 0 Å². The predicted octanol–water partition coefficient (Wildman–Crippen LogP) is 3.28. The van der Waals surface area contributed by atoms with Crippen LogP contribution >= 0.6 is 0 Å². The molecule has 1 unspecified atom stereocenters. The van der Waals surface area contributed by atoms with Gasteiger partial charge < -0.3 is 10.2 Å². The maximum absolute atomic E-state index is 3.62. The number of hydrogen-bond acceptors (Lipinski definition) is 2. The molecule has 0 aromatic carbocycles. The van der Waals surface area contributed by atoms with E-state index in [0.29, 0.717) is 17.0 Å². The van der Waals surface area contributed by atoms with Crippen molar-refractivity contribution in [1.29, 1.82) is 0 Å². The molecule has 0 bridgehead atoms. The molecule has 0 aromatic heterocycles. The lowest BCUT2D eigenvalue weighted by Crippen LogP contribution is -2.62. The molecule has 17 heavy (non-hydrogen) atoms. The fourth-order valence-corrected chi connectivity index (χ4v) is 3.84. The Labute approximate surface area is 108 Å². The normalized spacial score (nSPS) is 23.5. The minimum atomic E-state index is 0.309. The van der Waals surface area contributed by atoms with Crippen molar-refractivity contribution >= 4 is 0 Å². The molecule has 1 saturated carbocycles. The minimum absolute atomic E-state index is 0.309. The summed E-state index contributed by atoms with van der Waals surface area (Å²) < 4.78 is 0. The molecule has 2 nitrogen and oxygen atoms in total. The van der Waals surface area contributed by atoms with Gasteiger partial charge in [0.1, 0.15) is 0 Å². The fourth-order valence-electron chi connectivity index (χ4n) is 3.84. The largest absolute Gasteiger partial charge is 0.315 e. The zero-order valence-corrected chi connectivity index (χ0v) is 12.8. The van der Waals surface area contributed by atoms with E-state index in [9.17, 15) is 0 Å². The van der Waals surface area contributed by atoms with Crippen molar-refractivity contribution < 1.29 is 0 Å². The Morgan fingerprint density at radius 1 is 1.00 bits per heavy atom. The minimum Gasteiger partial charge on any atom is -0.315 e. The van der Waals surface area contributed by atoms with Gasteiger partial charge in [0.2, 0.25) is 0 Å². The first-order valence-electron chi connectivity index (χ1n) is 7.19. The van der Waals surface area contributed by atoms with Crippen molar-refractivity contribution in [2.45, 2.75) is 70.9 Å². The van der Waals surface area contributed by atoms with Gasteiger partial charge in [-0.15, -0.1) is 0 Å². The molecule has 0 amide bonds. The molecule has 1 aliphatic rings. The van der Waals surface area contributed by atoms with Crippen LogP contribution in [0.4, 0.5) is 0 Å². The maximum Gasteiger partial charge on any atom is 0.0361 e. The van der Waals surface area contributed by atoms with Crippen LogP contribution in [0.25, 0.3) is 0 Å². The van der Waals surface area contributed by atoms with E-state index < -0.39 is 0 Å². The lowest BCUT2D eigenvalue weighted by Gasteiger charge is -2.51. The molecule has 102 valence electrons. The van der Waals surface area contributed by atoms with Crippen LogP contribution in [0.2, 0.25) is 0 Å². The zero-order valence-electron chi connectivity index (χ0n) is 12.8. The van der Waals surface area contributed by atoms with Crippen LogP contribution in [0.15, 0.2) is 0 Å². The first-order valence-corrected chi connectivity index (χ1v) is 7.19. The molecule has 1 fully saturated rings. The maximum atomic E-state index is 3.62. The topological polar surface area (TPSA) is 15.3 Å². The Hall–Kier alpha value is -0.0800. The highest BCUT2D eigenvalue weighted by Gasteiger charge is 2.45. The van der Waals surface area contributed by atoms with E-state index in [1.165, 1.54) is 38.5 Å². The van der Waals surface area contributed by atoms with E-state index in [4.69, 9.17) is 0 Å². The third-order valence-corrected chi connectivity index (χ3v) is 4.55. The third kappa shape index (κ3) is 3.23. The number of hydrogen-bond donors (Lipinski definition) is 1. The van der Waals surface area contributed by atoms with Gasteiger partial charge in [-0.05, 0) is 39.4 Å². The number of rotatable bonds is 3. The third-order valence-electron chi connectivity index (χ3n) is 4.55. The van der Waals surface area contributed by atoms with Crippen molar-refractivity contribution in [1.82, 2.24) is 10.2 Å². The Kier molecular flexibility index (Phi) is 5.03. The fraction of sp³-hybridized carbons (Fsp3) is 1.00. The highest BCUT2D eigenvalue weighted by Crippen LogP contribution is 2.40. The van der Waals surface area contributed by atoms with E-state index >= 15 is 0 Å². The molecule has 2 heteroatoms. The van der Waals surface area contributed by atoms with Crippen molar-refractivity contribution in [3.05, 3.63) is 0 Å². The summed E-state index contributed by atoms with van der Waals surface area (Å²) in [6.45, 7) is 7.10. The van der Waals surface area contributed by atoms with Crippen LogP contribution in [-0.2, 0) is 0 Å². The summed E-state index contributed by atoms with van der Waals surface area (Å²) >= 11 is 0. The lowest BCUT2D eigenvalue weighted by molar-refractivity contribution is 0.0332. The smallest absolute Gasteiger partial charge is 0.0361 e. The Morgan fingerprint density at radius 2 is 1.47 bits per heavy atom. The van der Waals surface area contributed by atoms with E-state index in [0.717, 1.165) is 0 Å². The van der Waals surface area contributed by atoms with Gasteiger partial charge in [-0.2, -0.15) is 0 Å². The van der Waals surface area contributed by atoms with Gasteiger partial charge in [-0.25, -0.2) is 0 Å². The van der Waals surface area contributed by atoms with Crippen molar-refractivity contribution in [2.24, 2.45) is 5.41 Å². The Balaban J connectivity index is 3.03. The SMILES string of the molecule is CNC(C(C)(C)C)C1(N(C)C)CCCCCC1. The molecular weight excluding hydrogens is 208 g/mol. The van der Waals surface area contributed by atoms with E-state index in [-0.39, 0.29) is 0 Å². The average Bonchev–Trinajstić information content (AvgIpc) is 2.43. The van der Waals surface area contributed by atoms with Crippen molar-refractivity contribution in [3.8, 4) is 0 Å². The number of nitrogens with one attached hydrogen (secondary N) is 1. The van der Waals surface area contributed by atoms with Crippen molar-refractivity contribution in [3.63, 3.8) is 0 Å². The van der Waals surface area contributed by atoms with E-state index in [2.05, 4.69) is 52.1 Å². The van der Waals surface area contributed by atoms with E-state index in [1.54, 1.807) is 0 Å². The van der Waals surface area contributed by atoms with Crippen molar-refractivity contribution in [2.75, 3.05) is 21.1 Å². The molecule has 0 aromatic rings. The number of nitrogens with zero attached hydrogens (tertiary/aromatic N) is 1. The van der Waals surface area contributed by atoms with Gasteiger partial charge in [0.15, 0.2) is 0 Å². The van der Waals surface area contributed by atoms with Gasteiger partial charge in [-0.3, -0.25) is 0 Å². The molecule has 0 heterocycles. The van der Waals surface area contributed by atoms with Gasteiger partial charge >= 0.3 is 0 Å². The van der Waals surface area contributed by atoms with Crippen LogP contribution in [0.5, 0.6) is 0 Å². The van der Waals surface area contributed by atoms with Gasteiger partial charge in [0, 0.05) is 11.6 Å². The monoisotopic (exact) mass is 240 g/mol. The Bertz CT molecular complexity index is 220. The summed E-state index contributed by atoms with van der Waals surface area (Å²) in [6.07, 6.45) is 8.26. The Morgan fingerprint density at radius 3 is 1.76 bits per heavy atom. The molecule has 0 aliphatic heterocycles. The second-order valence-electron chi connectivity index (χ2n) is 7.00. The van der Waals surface area contributed by atoms with Gasteiger partial charge in [-0.1, -0.05) is 46.5 Å². The first-order chi connectivity index (χ1) is 7.84. The van der Waals surface area contributed by atoms with Crippen LogP contribution < -0.4 is 5.32 Å². The highest BCUT2D eigenvalue weighted by atomic mass is 15.2. The second-order valence-corrected chi connectivity index (χ2v) is 7.00. The van der Waals surface area contributed by atoms with Gasteiger partial charge in [0.25, 0.3) is 0 Å². The molecule has 0 saturated heterocycles. The van der Waals surface area contributed by atoms with E-state index in [1.807, 2.05) is 0 Å². The second kappa shape index (κ2) is 5.71. The molecule has 0 spiro atoms. The number of likely N-dealkylation sites (N-methyl/N-ethyl adjacent to an activating group) is 2. The summed E-state index contributed by atoms with van der Waals surface area (Å²) in [5, 5.41) is 3.62. The molecule has 1 atom stereocenters. The molecule has 0 radical (unpaired) electrons. The molecule has 1 aliphatic carbocycles. The molecule has 1 rings (SSSR count). The zero-order chi connectivity index (χ0) is 13.1. The highest BCUT2D eigenvalue weighted by molar-refractivity contribution is 5.03. The lowest BCUT2D eigenvalue weighted by atomic mass is 9.70. The molecular formula is C15H32N2. The predicted molar refractivity (Wildman–Crippen MR) is 76.4 cm³/mol. The summed E-state index contributed by atoms with van der Waals surface area (Å²) in [6, 6.07) is 0.558. The summed E-state index contributed by atoms with van der Waals surface area (Å²) in [7, 11) is 6.66. The van der Waals surface area contributed by atoms with Crippen LogP contribution in [0.1, 0.15) is 59.3 Å². The van der Waals surface area contributed by atoms with Crippen LogP contribution in [0, 0.1) is 5.41 Å². The first kappa shape index (κ1) is 15.0. The summed E-state index contributed by atoms with van der Waals surface area (Å²) in [5.41, 5.74) is 0.646. The van der Waals surface area contributed by atoms with Crippen LogP contribution in [-0.4, -0.2) is 37.6 Å². The van der Waals surface area contributed by atoms with Crippen LogP contribution in [0.3, 0.4) is 0 Å². The molecule has 1 N–H and O–H groups in total. The summed E-state index contributed by atoms with van der Waals surface area (Å²) in [4.78, 5) is 2.49. The quantitative estimate of drug-likeness (QED) is 0.762.